The van der Waals surface area contributed by atoms with Gasteiger partial charge in [-0.1, -0.05) is 0 Å². The van der Waals surface area contributed by atoms with Crippen molar-refractivity contribution in [3.8, 4) is 0 Å². The number of likely N-dealkylation sites (N-methyl/N-ethyl adjacent to an activating group) is 1. The lowest BCUT2D eigenvalue weighted by atomic mass is 10.1. The summed E-state index contributed by atoms with van der Waals surface area (Å²) >= 11 is 0. The number of aromatic amines is 1. The van der Waals surface area contributed by atoms with E-state index in [0.717, 1.165) is 37.4 Å². The second-order valence-electron chi connectivity index (χ2n) is 5.99. The van der Waals surface area contributed by atoms with Crippen molar-refractivity contribution in [3.63, 3.8) is 0 Å². The van der Waals surface area contributed by atoms with E-state index in [-0.39, 0.29) is 11.6 Å². The van der Waals surface area contributed by atoms with Crippen molar-refractivity contribution in [3.05, 3.63) is 22.5 Å². The number of aryl methyl sites for hydroxylation is 1. The van der Waals surface area contributed by atoms with Crippen molar-refractivity contribution >= 4 is 11.6 Å². The number of carbonyl (C=O) groups excluding carboxylic acids is 2. The first-order chi connectivity index (χ1) is 9.40. The molecule has 0 bridgehead atoms. The average molecular weight is 279 g/mol. The van der Waals surface area contributed by atoms with Crippen LogP contribution in [0.2, 0.25) is 0 Å². The topological polar surface area (TPSA) is 58.8 Å². The number of hydrogen-bond donors (Lipinski definition) is 3. The fraction of sp³-hybridized carbons (Fsp3) is 0.600. The van der Waals surface area contributed by atoms with Crippen molar-refractivity contribution in [2.75, 3.05) is 39.8 Å². The molecule has 1 aromatic heterocycles. The first kappa shape index (κ1) is 14.9. The highest BCUT2D eigenvalue weighted by Crippen LogP contribution is 2.18. The van der Waals surface area contributed by atoms with Crippen molar-refractivity contribution < 1.29 is 19.4 Å². The number of piperazine rings is 1. The molecule has 110 valence electrons. The molecule has 1 saturated heterocycles. The molecule has 1 aliphatic rings. The first-order valence-electron chi connectivity index (χ1n) is 7.28. The van der Waals surface area contributed by atoms with Gasteiger partial charge in [-0.2, -0.15) is 0 Å². The zero-order chi connectivity index (χ0) is 14.9. The molecule has 0 aromatic carbocycles. The number of carbonyl (C=O) groups is 2. The smallest absolute Gasteiger partial charge is 0.233 e. The van der Waals surface area contributed by atoms with Gasteiger partial charge in [0.05, 0.1) is 12.7 Å². The Labute approximate surface area is 119 Å². The molecule has 0 saturated carbocycles. The Hall–Kier alpha value is -1.46. The van der Waals surface area contributed by atoms with Crippen LogP contribution < -0.4 is 9.80 Å². The third kappa shape index (κ3) is 2.99. The van der Waals surface area contributed by atoms with Crippen molar-refractivity contribution in [2.24, 2.45) is 0 Å². The first-order valence-corrected chi connectivity index (χ1v) is 7.28. The van der Waals surface area contributed by atoms with E-state index in [9.17, 15) is 9.59 Å². The monoisotopic (exact) mass is 279 g/mol. The van der Waals surface area contributed by atoms with E-state index in [1.54, 1.807) is 6.92 Å². The summed E-state index contributed by atoms with van der Waals surface area (Å²) in [5, 5.41) is 0. The van der Waals surface area contributed by atoms with Crippen LogP contribution in [0.5, 0.6) is 0 Å². The lowest BCUT2D eigenvalue weighted by Gasteiger charge is -2.26. The Bertz CT molecular complexity index is 525. The zero-order valence-corrected chi connectivity index (χ0v) is 12.9. The summed E-state index contributed by atoms with van der Waals surface area (Å²) in [6, 6.07) is 0. The van der Waals surface area contributed by atoms with Crippen LogP contribution in [0.25, 0.3) is 0 Å². The summed E-state index contributed by atoms with van der Waals surface area (Å²) < 4.78 is 0. The molecule has 20 heavy (non-hydrogen) atoms. The molecule has 2 heterocycles. The minimum absolute atomic E-state index is 0.0193. The predicted octanol–water partition coefficient (Wildman–Crippen LogP) is -1.57. The number of nitrogens with one attached hydrogen (secondary N) is 3. The van der Waals surface area contributed by atoms with Crippen LogP contribution in [0.1, 0.15) is 39.0 Å². The number of ketones is 2. The van der Waals surface area contributed by atoms with E-state index in [1.807, 2.05) is 13.8 Å². The zero-order valence-electron chi connectivity index (χ0n) is 12.9. The second-order valence-corrected chi connectivity index (χ2v) is 5.99. The number of rotatable bonds is 4. The second kappa shape index (κ2) is 5.89. The maximum atomic E-state index is 12.4. The van der Waals surface area contributed by atoms with Crippen molar-refractivity contribution in [1.29, 1.82) is 0 Å². The summed E-state index contributed by atoms with van der Waals surface area (Å²) in [6.45, 7) is 10.1. The number of H-pyrrole nitrogens is 1. The lowest BCUT2D eigenvalue weighted by Crippen LogP contribution is -3.27. The van der Waals surface area contributed by atoms with Gasteiger partial charge in [-0.05, 0) is 26.3 Å². The van der Waals surface area contributed by atoms with E-state index in [1.165, 1.54) is 9.80 Å². The van der Waals surface area contributed by atoms with Crippen LogP contribution in [-0.2, 0) is 0 Å². The Morgan fingerprint density at radius 2 is 1.75 bits per heavy atom. The Morgan fingerprint density at radius 1 is 1.15 bits per heavy atom. The number of hydrogen-bond acceptors (Lipinski definition) is 2. The summed E-state index contributed by atoms with van der Waals surface area (Å²) in [7, 11) is 2.19. The molecule has 0 amide bonds. The fourth-order valence-corrected chi connectivity index (χ4v) is 3.08. The molecule has 5 heteroatoms. The molecule has 2 rings (SSSR count). The third-order valence-electron chi connectivity index (χ3n) is 4.29. The molecular formula is C15H25N3O2+2. The molecule has 1 fully saturated rings. The van der Waals surface area contributed by atoms with E-state index >= 15 is 0 Å². The van der Waals surface area contributed by atoms with Crippen LogP contribution >= 0.6 is 0 Å². The summed E-state index contributed by atoms with van der Waals surface area (Å²) in [5.41, 5.74) is 2.90. The van der Waals surface area contributed by atoms with Gasteiger partial charge in [-0.25, -0.2) is 0 Å². The highest BCUT2D eigenvalue weighted by atomic mass is 16.1. The Balaban J connectivity index is 2.10. The Morgan fingerprint density at radius 3 is 2.25 bits per heavy atom. The molecule has 0 aliphatic carbocycles. The van der Waals surface area contributed by atoms with Gasteiger partial charge in [-0.3, -0.25) is 9.59 Å². The normalized spacial score (nSPS) is 22.8. The number of quaternary nitrogens is 2. The van der Waals surface area contributed by atoms with Gasteiger partial charge in [0.15, 0.2) is 5.78 Å². The minimum atomic E-state index is 0.0193. The molecule has 5 nitrogen and oxygen atoms in total. The molecule has 0 unspecified atom stereocenters. The van der Waals surface area contributed by atoms with Crippen molar-refractivity contribution in [2.45, 2.75) is 20.8 Å². The maximum Gasteiger partial charge on any atom is 0.233 e. The van der Waals surface area contributed by atoms with Gasteiger partial charge in [0.1, 0.15) is 32.7 Å². The minimum Gasteiger partial charge on any atom is -0.355 e. The molecule has 1 aromatic rings. The van der Waals surface area contributed by atoms with Gasteiger partial charge in [0.25, 0.3) is 0 Å². The van der Waals surface area contributed by atoms with Gasteiger partial charge < -0.3 is 14.8 Å². The van der Waals surface area contributed by atoms with Crippen LogP contribution in [0.4, 0.5) is 0 Å². The number of aromatic nitrogens is 1. The molecular weight excluding hydrogens is 254 g/mol. The van der Waals surface area contributed by atoms with Crippen LogP contribution in [0.3, 0.4) is 0 Å². The average Bonchev–Trinajstić information content (AvgIpc) is 2.67. The van der Waals surface area contributed by atoms with Gasteiger partial charge in [-0.15, -0.1) is 0 Å². The quantitative estimate of drug-likeness (QED) is 0.583. The lowest BCUT2D eigenvalue weighted by molar-refractivity contribution is -0.999. The van der Waals surface area contributed by atoms with E-state index in [4.69, 9.17) is 0 Å². The summed E-state index contributed by atoms with van der Waals surface area (Å²) in [5.74, 6) is 0.137. The molecule has 0 spiro atoms. The third-order valence-corrected chi connectivity index (χ3v) is 4.29. The van der Waals surface area contributed by atoms with Crippen LogP contribution in [0.15, 0.2) is 0 Å². The highest BCUT2D eigenvalue weighted by Gasteiger charge is 2.26. The van der Waals surface area contributed by atoms with Gasteiger partial charge >= 0.3 is 0 Å². The maximum absolute atomic E-state index is 12.4. The molecule has 3 N–H and O–H groups in total. The standard InChI is InChI=1S/C15H23N3O2/c1-10-14(12(3)19)11(2)16-15(10)13(20)9-18-7-5-17(4)6-8-18/h16H,5-9H2,1-4H3/p+2. The van der Waals surface area contributed by atoms with Gasteiger partial charge in [0, 0.05) is 11.3 Å². The summed E-state index contributed by atoms with van der Waals surface area (Å²) in [6.07, 6.45) is 0. The highest BCUT2D eigenvalue weighted by molar-refractivity contribution is 6.03. The number of Topliss-reactive ketones (excluding diaryl/α,β-unsaturated/α-hetero) is 2. The largest absolute Gasteiger partial charge is 0.355 e. The SMILES string of the molecule is CC(=O)c1c(C)[nH]c(C(=O)C[NH+]2CC[NH+](C)CC2)c1C. The van der Waals surface area contributed by atoms with Crippen LogP contribution in [0, 0.1) is 13.8 Å². The molecule has 0 atom stereocenters. The Kier molecular flexibility index (Phi) is 4.40. The van der Waals surface area contributed by atoms with Gasteiger partial charge in [0.2, 0.25) is 5.78 Å². The van der Waals surface area contributed by atoms with E-state index < -0.39 is 0 Å². The van der Waals surface area contributed by atoms with Crippen LogP contribution in [-0.4, -0.2) is 56.3 Å². The molecule has 0 radical (unpaired) electrons. The predicted molar refractivity (Wildman–Crippen MR) is 76.8 cm³/mol. The summed E-state index contributed by atoms with van der Waals surface area (Å²) in [4.78, 5) is 30.0. The van der Waals surface area contributed by atoms with E-state index in [2.05, 4.69) is 12.0 Å². The fourth-order valence-electron chi connectivity index (χ4n) is 3.08. The molecule has 1 aliphatic heterocycles. The van der Waals surface area contributed by atoms with Crippen molar-refractivity contribution in [1.82, 2.24) is 4.98 Å². The van der Waals surface area contributed by atoms with E-state index in [0.29, 0.717) is 17.8 Å².